The fourth-order valence-corrected chi connectivity index (χ4v) is 2.41. The second-order valence-corrected chi connectivity index (χ2v) is 7.46. The smallest absolute Gasteiger partial charge is 0.305 e. The van der Waals surface area contributed by atoms with E-state index in [1.54, 1.807) is 6.20 Å². The van der Waals surface area contributed by atoms with Gasteiger partial charge in [0, 0.05) is 24.9 Å². The summed E-state index contributed by atoms with van der Waals surface area (Å²) in [4.78, 5) is 20.1. The molecule has 1 heterocycles. The van der Waals surface area contributed by atoms with Crippen LogP contribution in [0.4, 0.5) is 0 Å². The van der Waals surface area contributed by atoms with Crippen LogP contribution >= 0.6 is 0 Å². The van der Waals surface area contributed by atoms with Gasteiger partial charge in [-0.2, -0.15) is 0 Å². The number of guanidine groups is 1. The van der Waals surface area contributed by atoms with E-state index in [-0.39, 0.29) is 11.4 Å². The van der Waals surface area contributed by atoms with E-state index in [0.29, 0.717) is 25.5 Å². The Morgan fingerprint density at radius 3 is 2.56 bits per heavy atom. The predicted molar refractivity (Wildman–Crippen MR) is 108 cm³/mol. The van der Waals surface area contributed by atoms with Gasteiger partial charge < -0.3 is 19.8 Å². The van der Waals surface area contributed by atoms with E-state index in [1.807, 2.05) is 13.8 Å². The van der Waals surface area contributed by atoms with E-state index in [9.17, 15) is 4.79 Å². The molecule has 0 amide bonds. The number of carbonyl (C=O) groups excluding carboxylic acids is 1. The van der Waals surface area contributed by atoms with Crippen molar-refractivity contribution < 1.29 is 13.9 Å². The molecular weight excluding hydrogens is 344 g/mol. The second kappa shape index (κ2) is 12.4. The van der Waals surface area contributed by atoms with Crippen LogP contribution in [0.15, 0.2) is 15.6 Å². The first-order chi connectivity index (χ1) is 12.9. The average molecular weight is 381 g/mol. The number of oxazole rings is 1. The maximum absolute atomic E-state index is 11.3. The molecule has 0 atom stereocenters. The van der Waals surface area contributed by atoms with Gasteiger partial charge in [0.2, 0.25) is 5.89 Å². The lowest BCUT2D eigenvalue weighted by Crippen LogP contribution is -2.37. The van der Waals surface area contributed by atoms with E-state index in [4.69, 9.17) is 9.15 Å². The van der Waals surface area contributed by atoms with Gasteiger partial charge in [0.15, 0.2) is 5.96 Å². The SMILES string of the molecule is CCNC(=NCc1ncc(C(C)(C)C)o1)NCCCCCCC(=O)OCC. The minimum absolute atomic E-state index is 0.0506. The normalized spacial score (nSPS) is 12.1. The van der Waals surface area contributed by atoms with Gasteiger partial charge >= 0.3 is 5.97 Å². The first-order valence-corrected chi connectivity index (χ1v) is 9.99. The molecule has 7 heteroatoms. The summed E-state index contributed by atoms with van der Waals surface area (Å²) in [5, 5.41) is 6.55. The van der Waals surface area contributed by atoms with Crippen LogP contribution in [-0.2, 0) is 21.5 Å². The lowest BCUT2D eigenvalue weighted by molar-refractivity contribution is -0.143. The minimum atomic E-state index is -0.0988. The number of nitrogens with zero attached hydrogens (tertiary/aromatic N) is 2. The lowest BCUT2D eigenvalue weighted by atomic mass is 9.94. The van der Waals surface area contributed by atoms with Crippen molar-refractivity contribution in [2.75, 3.05) is 19.7 Å². The number of unbranched alkanes of at least 4 members (excludes halogenated alkanes) is 3. The van der Waals surface area contributed by atoms with Crippen molar-refractivity contribution in [2.24, 2.45) is 4.99 Å². The highest BCUT2D eigenvalue weighted by Crippen LogP contribution is 2.22. The van der Waals surface area contributed by atoms with Crippen LogP contribution in [0.5, 0.6) is 0 Å². The van der Waals surface area contributed by atoms with Gasteiger partial charge in [-0.1, -0.05) is 33.6 Å². The van der Waals surface area contributed by atoms with Gasteiger partial charge in [-0.3, -0.25) is 4.79 Å². The van der Waals surface area contributed by atoms with E-state index in [2.05, 4.69) is 41.4 Å². The highest BCUT2D eigenvalue weighted by Gasteiger charge is 2.18. The summed E-state index contributed by atoms with van der Waals surface area (Å²) >= 11 is 0. The Morgan fingerprint density at radius 1 is 1.19 bits per heavy atom. The molecule has 0 saturated carbocycles. The van der Waals surface area contributed by atoms with Crippen molar-refractivity contribution in [3.05, 3.63) is 17.8 Å². The third-order valence-corrected chi connectivity index (χ3v) is 3.91. The van der Waals surface area contributed by atoms with Crippen LogP contribution in [0.1, 0.15) is 78.4 Å². The van der Waals surface area contributed by atoms with Gasteiger partial charge in [0.05, 0.1) is 12.8 Å². The average Bonchev–Trinajstić information content (AvgIpc) is 3.08. The number of ether oxygens (including phenoxy) is 1. The molecule has 0 fully saturated rings. The number of hydrogen-bond donors (Lipinski definition) is 2. The monoisotopic (exact) mass is 380 g/mol. The molecule has 0 radical (unpaired) electrons. The van der Waals surface area contributed by atoms with Gasteiger partial charge in [-0.25, -0.2) is 9.98 Å². The Hall–Kier alpha value is -2.05. The van der Waals surface area contributed by atoms with Crippen molar-refractivity contribution in [3.63, 3.8) is 0 Å². The molecule has 7 nitrogen and oxygen atoms in total. The Labute approximate surface area is 163 Å². The molecule has 0 saturated heterocycles. The fourth-order valence-electron chi connectivity index (χ4n) is 2.41. The molecular formula is C20H36N4O3. The highest BCUT2D eigenvalue weighted by molar-refractivity contribution is 5.79. The Balaban J connectivity index is 2.29. The number of rotatable bonds is 11. The second-order valence-electron chi connectivity index (χ2n) is 7.46. The standard InChI is InChI=1S/C20H36N4O3/c1-6-21-19(22-13-11-9-8-10-12-18(25)26-7-2)24-15-17-23-14-16(27-17)20(3,4)5/h14H,6-13,15H2,1-5H3,(H2,21,22,24). The number of aliphatic imine (C=N–C) groups is 1. The van der Waals surface area contributed by atoms with E-state index in [0.717, 1.165) is 50.5 Å². The van der Waals surface area contributed by atoms with E-state index < -0.39 is 0 Å². The molecule has 0 aliphatic heterocycles. The largest absolute Gasteiger partial charge is 0.466 e. The van der Waals surface area contributed by atoms with Crippen LogP contribution < -0.4 is 10.6 Å². The van der Waals surface area contributed by atoms with Gasteiger partial charge in [0.25, 0.3) is 0 Å². The van der Waals surface area contributed by atoms with Gasteiger partial charge in [0.1, 0.15) is 12.3 Å². The molecule has 0 unspecified atom stereocenters. The third kappa shape index (κ3) is 10.0. The van der Waals surface area contributed by atoms with Gasteiger partial charge in [-0.15, -0.1) is 0 Å². The maximum atomic E-state index is 11.3. The summed E-state index contributed by atoms with van der Waals surface area (Å²) in [6.07, 6.45) is 6.30. The molecule has 0 aliphatic carbocycles. The topological polar surface area (TPSA) is 88.8 Å². The van der Waals surface area contributed by atoms with Crippen molar-refractivity contribution in [1.82, 2.24) is 15.6 Å². The summed E-state index contributed by atoms with van der Waals surface area (Å²) in [7, 11) is 0. The molecule has 154 valence electrons. The van der Waals surface area contributed by atoms with Crippen molar-refractivity contribution >= 4 is 11.9 Å². The molecule has 0 bridgehead atoms. The number of aromatic nitrogens is 1. The summed E-state index contributed by atoms with van der Waals surface area (Å²) in [6, 6.07) is 0. The minimum Gasteiger partial charge on any atom is -0.466 e. The van der Waals surface area contributed by atoms with Crippen LogP contribution in [0.2, 0.25) is 0 Å². The molecule has 0 spiro atoms. The Morgan fingerprint density at radius 2 is 1.93 bits per heavy atom. The summed E-state index contributed by atoms with van der Waals surface area (Å²) in [5.74, 6) is 2.16. The zero-order valence-electron chi connectivity index (χ0n) is 17.6. The lowest BCUT2D eigenvalue weighted by Gasteiger charge is -2.13. The molecule has 1 aromatic rings. The molecule has 27 heavy (non-hydrogen) atoms. The van der Waals surface area contributed by atoms with E-state index in [1.165, 1.54) is 0 Å². The molecule has 2 N–H and O–H groups in total. The van der Waals surface area contributed by atoms with Crippen molar-refractivity contribution in [3.8, 4) is 0 Å². The Kier molecular flexibility index (Phi) is 10.5. The van der Waals surface area contributed by atoms with Crippen LogP contribution in [0.25, 0.3) is 0 Å². The highest BCUT2D eigenvalue weighted by atomic mass is 16.5. The predicted octanol–water partition coefficient (Wildman–Crippen LogP) is 3.54. The molecule has 0 aromatic carbocycles. The number of esters is 1. The summed E-state index contributed by atoms with van der Waals surface area (Å²) in [6.45, 7) is 12.7. The quantitative estimate of drug-likeness (QED) is 0.264. The molecule has 1 aromatic heterocycles. The Bertz CT molecular complexity index is 576. The van der Waals surface area contributed by atoms with Crippen LogP contribution in [-0.4, -0.2) is 36.6 Å². The van der Waals surface area contributed by atoms with E-state index >= 15 is 0 Å². The zero-order chi connectivity index (χ0) is 20.1. The van der Waals surface area contributed by atoms with Gasteiger partial charge in [-0.05, 0) is 26.7 Å². The van der Waals surface area contributed by atoms with Crippen molar-refractivity contribution in [2.45, 2.75) is 78.7 Å². The first kappa shape index (κ1) is 23.0. The number of nitrogens with one attached hydrogen (secondary N) is 2. The third-order valence-electron chi connectivity index (χ3n) is 3.91. The fraction of sp³-hybridized carbons (Fsp3) is 0.750. The number of hydrogen-bond acceptors (Lipinski definition) is 5. The van der Waals surface area contributed by atoms with Crippen LogP contribution in [0, 0.1) is 0 Å². The number of carbonyl (C=O) groups is 1. The van der Waals surface area contributed by atoms with Crippen molar-refractivity contribution in [1.29, 1.82) is 0 Å². The summed E-state index contributed by atoms with van der Waals surface area (Å²) in [5.41, 5.74) is -0.0506. The summed E-state index contributed by atoms with van der Waals surface area (Å²) < 4.78 is 10.7. The molecule has 1 rings (SSSR count). The molecule has 0 aliphatic rings. The van der Waals surface area contributed by atoms with Crippen LogP contribution in [0.3, 0.4) is 0 Å². The zero-order valence-corrected chi connectivity index (χ0v) is 17.6. The first-order valence-electron chi connectivity index (χ1n) is 9.99. The maximum Gasteiger partial charge on any atom is 0.305 e.